The molecule has 2 aromatic rings. The van der Waals surface area contributed by atoms with Gasteiger partial charge in [0.2, 0.25) is 0 Å². The van der Waals surface area contributed by atoms with Crippen LogP contribution >= 0.6 is 0 Å². The first-order valence-electron chi connectivity index (χ1n) is 10.4. The van der Waals surface area contributed by atoms with Gasteiger partial charge in [0.25, 0.3) is 0 Å². The number of nitrogens with two attached hydrogens (primary N) is 1. The van der Waals surface area contributed by atoms with Crippen molar-refractivity contribution < 1.29 is 0 Å². The van der Waals surface area contributed by atoms with E-state index < -0.39 is 0 Å². The number of amidine groups is 1. The molecule has 0 saturated carbocycles. The number of likely N-dealkylation sites (tertiary alicyclic amines) is 1. The van der Waals surface area contributed by atoms with Crippen LogP contribution in [0.25, 0.3) is 11.1 Å². The van der Waals surface area contributed by atoms with Gasteiger partial charge in [0.1, 0.15) is 18.3 Å². The van der Waals surface area contributed by atoms with E-state index in [1.54, 1.807) is 6.34 Å². The summed E-state index contributed by atoms with van der Waals surface area (Å²) in [6, 6.07) is 19.4. The normalized spacial score (nSPS) is 25.3. The molecule has 5 nitrogen and oxygen atoms in total. The van der Waals surface area contributed by atoms with E-state index in [-0.39, 0.29) is 17.6 Å². The number of piperidine rings is 1. The number of fused-ring (bicyclic) bond motifs is 1. The Kier molecular flexibility index (Phi) is 4.78. The van der Waals surface area contributed by atoms with Gasteiger partial charge in [-0.1, -0.05) is 60.7 Å². The fourth-order valence-corrected chi connectivity index (χ4v) is 4.63. The van der Waals surface area contributed by atoms with Crippen LogP contribution in [0.4, 0.5) is 0 Å². The maximum Gasteiger partial charge on any atom is 0.118 e. The average Bonchev–Trinajstić information content (AvgIpc) is 3.24. The molecule has 0 aromatic heterocycles. The minimum atomic E-state index is -0.149. The number of benzene rings is 2. The molecule has 0 bridgehead atoms. The lowest BCUT2D eigenvalue weighted by Gasteiger charge is -2.43. The third kappa shape index (κ3) is 3.76. The molecule has 0 amide bonds. The summed E-state index contributed by atoms with van der Waals surface area (Å²) in [5.74, 6) is 1.25. The number of nitrogens with zero attached hydrogens (tertiary/aromatic N) is 3. The molecular weight excluding hydrogens is 358 g/mol. The first kappa shape index (κ1) is 18.3. The van der Waals surface area contributed by atoms with Crippen LogP contribution in [0.15, 0.2) is 76.9 Å². The van der Waals surface area contributed by atoms with Crippen LogP contribution in [0.1, 0.15) is 18.4 Å². The maximum atomic E-state index is 6.82. The van der Waals surface area contributed by atoms with Gasteiger partial charge in [-0.3, -0.25) is 9.89 Å². The molecule has 148 valence electrons. The van der Waals surface area contributed by atoms with Gasteiger partial charge in [0.05, 0.1) is 5.92 Å². The number of aliphatic imine (C=N–C) groups is 2. The zero-order valence-electron chi connectivity index (χ0n) is 16.5. The molecule has 1 fully saturated rings. The summed E-state index contributed by atoms with van der Waals surface area (Å²) in [6.07, 6.45) is 8.85. The van der Waals surface area contributed by atoms with E-state index in [9.17, 15) is 0 Å². The van der Waals surface area contributed by atoms with Gasteiger partial charge in [-0.25, -0.2) is 4.99 Å². The van der Waals surface area contributed by atoms with Crippen molar-refractivity contribution in [3.05, 3.63) is 72.4 Å². The van der Waals surface area contributed by atoms with Crippen molar-refractivity contribution >= 4 is 12.2 Å². The number of rotatable bonds is 4. The lowest BCUT2D eigenvalue weighted by atomic mass is 9.82. The van der Waals surface area contributed by atoms with Crippen molar-refractivity contribution in [2.24, 2.45) is 21.6 Å². The molecule has 2 atom stereocenters. The zero-order chi connectivity index (χ0) is 19.7. The molecule has 0 spiro atoms. The van der Waals surface area contributed by atoms with E-state index in [1.165, 1.54) is 16.7 Å². The molecule has 0 aliphatic carbocycles. The molecular formula is C24H27N5. The molecule has 3 N–H and O–H groups in total. The Labute approximate surface area is 172 Å². The van der Waals surface area contributed by atoms with E-state index in [0.717, 1.165) is 38.2 Å². The molecule has 5 heteroatoms. The Hall–Kier alpha value is -2.76. The van der Waals surface area contributed by atoms with Gasteiger partial charge in [0.15, 0.2) is 0 Å². The summed E-state index contributed by atoms with van der Waals surface area (Å²) in [7, 11) is 0. The van der Waals surface area contributed by atoms with E-state index in [0.29, 0.717) is 0 Å². The largest absolute Gasteiger partial charge is 0.350 e. The highest BCUT2D eigenvalue weighted by atomic mass is 15.3. The van der Waals surface area contributed by atoms with Crippen LogP contribution in [0, 0.1) is 5.92 Å². The van der Waals surface area contributed by atoms with E-state index in [1.807, 2.05) is 12.3 Å². The molecule has 5 rings (SSSR count). The molecule has 2 aromatic carbocycles. The summed E-state index contributed by atoms with van der Waals surface area (Å²) in [6.45, 7) is 1.94. The summed E-state index contributed by atoms with van der Waals surface area (Å²) >= 11 is 0. The van der Waals surface area contributed by atoms with E-state index >= 15 is 0 Å². The monoisotopic (exact) mass is 385 g/mol. The second kappa shape index (κ2) is 7.58. The maximum absolute atomic E-state index is 6.82. The fourth-order valence-electron chi connectivity index (χ4n) is 4.63. The van der Waals surface area contributed by atoms with Crippen LogP contribution in [-0.4, -0.2) is 41.9 Å². The SMILES string of the molecule is NC1(Cc2ccc(-c3ccccc3)cc2)CCN(C2N=CN=C3NC=CC32)CC1. The predicted molar refractivity (Wildman–Crippen MR) is 119 cm³/mol. The Morgan fingerprint density at radius 2 is 1.72 bits per heavy atom. The summed E-state index contributed by atoms with van der Waals surface area (Å²) < 4.78 is 0. The Balaban J connectivity index is 1.21. The lowest BCUT2D eigenvalue weighted by molar-refractivity contribution is 0.110. The van der Waals surface area contributed by atoms with Crippen molar-refractivity contribution in [2.45, 2.75) is 31.0 Å². The highest BCUT2D eigenvalue weighted by molar-refractivity contribution is 5.96. The Morgan fingerprint density at radius 1 is 1.00 bits per heavy atom. The summed E-state index contributed by atoms with van der Waals surface area (Å²) in [4.78, 5) is 11.5. The fraction of sp³-hybridized carbons (Fsp3) is 0.333. The smallest absolute Gasteiger partial charge is 0.118 e. The van der Waals surface area contributed by atoms with Crippen LogP contribution in [-0.2, 0) is 6.42 Å². The van der Waals surface area contributed by atoms with Crippen LogP contribution in [0.2, 0.25) is 0 Å². The van der Waals surface area contributed by atoms with E-state index in [4.69, 9.17) is 5.73 Å². The first-order chi connectivity index (χ1) is 14.2. The van der Waals surface area contributed by atoms with Crippen molar-refractivity contribution in [2.75, 3.05) is 13.1 Å². The molecule has 3 aliphatic heterocycles. The van der Waals surface area contributed by atoms with Gasteiger partial charge < -0.3 is 11.1 Å². The Bertz CT molecular complexity index is 937. The standard InChI is InChI=1S/C24H27N5/c25-24(16-18-6-8-20(9-7-18)19-4-2-1-3-5-19)11-14-29(15-12-24)23-21-10-13-26-22(21)27-17-28-23/h1-10,13,17,21,23H,11-12,14-16,25H2,(H,26,27,28). The molecule has 29 heavy (non-hydrogen) atoms. The lowest BCUT2D eigenvalue weighted by Crippen LogP contribution is -2.55. The van der Waals surface area contributed by atoms with Crippen LogP contribution in [0.5, 0.6) is 0 Å². The zero-order valence-corrected chi connectivity index (χ0v) is 16.5. The second-order valence-corrected chi connectivity index (χ2v) is 8.36. The predicted octanol–water partition coefficient (Wildman–Crippen LogP) is 3.19. The van der Waals surface area contributed by atoms with Gasteiger partial charge in [-0.2, -0.15) is 0 Å². The van der Waals surface area contributed by atoms with Gasteiger partial charge in [-0.05, 0) is 42.2 Å². The average molecular weight is 386 g/mol. The van der Waals surface area contributed by atoms with E-state index in [2.05, 4.69) is 74.8 Å². The molecule has 3 aliphatic rings. The summed E-state index contributed by atoms with van der Waals surface area (Å²) in [5.41, 5.74) is 10.5. The van der Waals surface area contributed by atoms with Crippen LogP contribution in [0.3, 0.4) is 0 Å². The van der Waals surface area contributed by atoms with Crippen molar-refractivity contribution in [3.63, 3.8) is 0 Å². The van der Waals surface area contributed by atoms with Gasteiger partial charge in [-0.15, -0.1) is 0 Å². The number of nitrogens with one attached hydrogen (secondary N) is 1. The van der Waals surface area contributed by atoms with Crippen LogP contribution < -0.4 is 11.1 Å². The second-order valence-electron chi connectivity index (χ2n) is 8.36. The third-order valence-electron chi connectivity index (χ3n) is 6.37. The molecule has 3 heterocycles. The highest BCUT2D eigenvalue weighted by Gasteiger charge is 2.38. The van der Waals surface area contributed by atoms with Crippen molar-refractivity contribution in [1.82, 2.24) is 10.2 Å². The molecule has 1 saturated heterocycles. The number of hydrogen-bond acceptors (Lipinski definition) is 5. The quantitative estimate of drug-likeness (QED) is 0.849. The molecule has 2 unspecified atom stereocenters. The topological polar surface area (TPSA) is 66.0 Å². The molecule has 0 radical (unpaired) electrons. The highest BCUT2D eigenvalue weighted by Crippen LogP contribution is 2.30. The van der Waals surface area contributed by atoms with Crippen molar-refractivity contribution in [1.29, 1.82) is 0 Å². The van der Waals surface area contributed by atoms with Gasteiger partial charge in [0, 0.05) is 18.6 Å². The van der Waals surface area contributed by atoms with Gasteiger partial charge >= 0.3 is 0 Å². The number of hydrogen-bond donors (Lipinski definition) is 2. The first-order valence-corrected chi connectivity index (χ1v) is 10.4. The Morgan fingerprint density at radius 3 is 2.48 bits per heavy atom. The summed E-state index contributed by atoms with van der Waals surface area (Å²) in [5, 5.41) is 3.22. The van der Waals surface area contributed by atoms with Crippen molar-refractivity contribution in [3.8, 4) is 11.1 Å². The minimum Gasteiger partial charge on any atom is -0.350 e. The third-order valence-corrected chi connectivity index (χ3v) is 6.37. The minimum absolute atomic E-state index is 0.142.